The highest BCUT2D eigenvalue weighted by molar-refractivity contribution is 6.31. The molecule has 4 heteroatoms. The van der Waals surface area contributed by atoms with Crippen LogP contribution in [0.2, 0.25) is 5.02 Å². The van der Waals surface area contributed by atoms with E-state index in [9.17, 15) is 0 Å². The number of nitrogens with zero attached hydrogens (tertiary/aromatic N) is 2. The highest BCUT2D eigenvalue weighted by Crippen LogP contribution is 2.33. The van der Waals surface area contributed by atoms with Crippen molar-refractivity contribution < 1.29 is 0 Å². The number of aryl methyl sites for hydroxylation is 2. The van der Waals surface area contributed by atoms with Crippen molar-refractivity contribution in [3.63, 3.8) is 0 Å². The Balaban J connectivity index is 2.55. The van der Waals surface area contributed by atoms with Crippen LogP contribution in [-0.4, -0.2) is 16.8 Å². The molecule has 1 heterocycles. The van der Waals surface area contributed by atoms with Gasteiger partial charge in [0.25, 0.3) is 0 Å². The smallest absolute Gasteiger partial charge is 0.0703 e. The maximum Gasteiger partial charge on any atom is 0.0703 e. The van der Waals surface area contributed by atoms with E-state index in [4.69, 9.17) is 11.6 Å². The summed E-state index contributed by atoms with van der Waals surface area (Å²) >= 11 is 6.48. The van der Waals surface area contributed by atoms with Crippen LogP contribution < -0.4 is 5.32 Å². The van der Waals surface area contributed by atoms with Crippen molar-refractivity contribution in [3.8, 4) is 11.1 Å². The normalized spacial score (nSPS) is 12.7. The van der Waals surface area contributed by atoms with Gasteiger partial charge in [-0.2, -0.15) is 5.10 Å². The van der Waals surface area contributed by atoms with Crippen LogP contribution in [0.3, 0.4) is 0 Å². The van der Waals surface area contributed by atoms with Crippen LogP contribution in [0, 0.1) is 0 Å². The summed E-state index contributed by atoms with van der Waals surface area (Å²) in [6.07, 6.45) is 1.89. The van der Waals surface area contributed by atoms with Gasteiger partial charge < -0.3 is 5.32 Å². The average Bonchev–Trinajstić information content (AvgIpc) is 2.82. The van der Waals surface area contributed by atoms with E-state index in [1.165, 1.54) is 11.3 Å². The molecule has 0 fully saturated rings. The second-order valence-corrected chi connectivity index (χ2v) is 5.75. The van der Waals surface area contributed by atoms with Gasteiger partial charge in [-0.25, -0.2) is 0 Å². The second-order valence-electron chi connectivity index (χ2n) is 5.35. The second kappa shape index (κ2) is 6.63. The fourth-order valence-corrected chi connectivity index (χ4v) is 3.14. The molecule has 1 aromatic heterocycles. The van der Waals surface area contributed by atoms with E-state index in [1.54, 1.807) is 0 Å². The van der Waals surface area contributed by atoms with Crippen molar-refractivity contribution in [3.05, 3.63) is 40.2 Å². The first-order valence-corrected chi connectivity index (χ1v) is 7.93. The van der Waals surface area contributed by atoms with Gasteiger partial charge in [0.05, 0.1) is 5.69 Å². The fourth-order valence-electron chi connectivity index (χ4n) is 2.80. The molecular formula is C17H24ClN3. The standard InChI is InChI=1S/C17H24ClN3/c1-6-15-17(16(7-2)21(5)20-15)12-8-9-13(11(3)19-4)14(18)10-12/h8-11,19H,6-7H2,1-5H3. The van der Waals surface area contributed by atoms with Crippen molar-refractivity contribution in [2.45, 2.75) is 39.7 Å². The third kappa shape index (κ3) is 2.99. The quantitative estimate of drug-likeness (QED) is 0.899. The molecule has 0 radical (unpaired) electrons. The largest absolute Gasteiger partial charge is 0.313 e. The molecule has 1 N–H and O–H groups in total. The number of benzene rings is 1. The summed E-state index contributed by atoms with van der Waals surface area (Å²) in [5.41, 5.74) is 5.93. The fraction of sp³-hybridized carbons (Fsp3) is 0.471. The number of rotatable bonds is 5. The minimum atomic E-state index is 0.247. The van der Waals surface area contributed by atoms with Crippen LogP contribution in [0.4, 0.5) is 0 Å². The van der Waals surface area contributed by atoms with Crippen LogP contribution >= 0.6 is 11.6 Å². The summed E-state index contributed by atoms with van der Waals surface area (Å²) in [6.45, 7) is 6.42. The van der Waals surface area contributed by atoms with Crippen LogP contribution in [0.5, 0.6) is 0 Å². The van der Waals surface area contributed by atoms with Gasteiger partial charge in [0.1, 0.15) is 0 Å². The Labute approximate surface area is 132 Å². The maximum absolute atomic E-state index is 6.48. The highest BCUT2D eigenvalue weighted by Gasteiger charge is 2.17. The molecule has 21 heavy (non-hydrogen) atoms. The topological polar surface area (TPSA) is 29.9 Å². The molecule has 0 aliphatic rings. The zero-order chi connectivity index (χ0) is 15.6. The molecule has 0 aliphatic carbocycles. The molecule has 1 aromatic carbocycles. The molecule has 3 nitrogen and oxygen atoms in total. The molecule has 2 aromatic rings. The summed E-state index contributed by atoms with van der Waals surface area (Å²) in [4.78, 5) is 0. The summed E-state index contributed by atoms with van der Waals surface area (Å²) in [5.74, 6) is 0. The Morgan fingerprint density at radius 2 is 2.00 bits per heavy atom. The van der Waals surface area contributed by atoms with Crippen LogP contribution in [-0.2, 0) is 19.9 Å². The average molecular weight is 306 g/mol. The SMILES string of the molecule is CCc1nn(C)c(CC)c1-c1ccc(C(C)NC)c(Cl)c1. The number of halogens is 1. The van der Waals surface area contributed by atoms with E-state index in [0.717, 1.165) is 34.7 Å². The minimum absolute atomic E-state index is 0.247. The lowest BCUT2D eigenvalue weighted by molar-refractivity contribution is 0.652. The van der Waals surface area contributed by atoms with Crippen LogP contribution in [0.1, 0.15) is 43.8 Å². The zero-order valence-electron chi connectivity index (χ0n) is 13.5. The molecule has 0 aliphatic heterocycles. The van der Waals surface area contributed by atoms with Gasteiger partial charge in [0.15, 0.2) is 0 Å². The summed E-state index contributed by atoms with van der Waals surface area (Å²) < 4.78 is 1.99. The Kier molecular flexibility index (Phi) is 5.07. The van der Waals surface area contributed by atoms with Crippen molar-refractivity contribution in [2.24, 2.45) is 7.05 Å². The molecule has 0 spiro atoms. The summed E-state index contributed by atoms with van der Waals surface area (Å²) in [7, 11) is 3.96. The Hall–Kier alpha value is -1.32. The molecule has 0 bridgehead atoms. The monoisotopic (exact) mass is 305 g/mol. The van der Waals surface area contributed by atoms with E-state index >= 15 is 0 Å². The Bertz CT molecular complexity index is 631. The first-order chi connectivity index (χ1) is 10.0. The lowest BCUT2D eigenvalue weighted by atomic mass is 9.98. The van der Waals surface area contributed by atoms with Gasteiger partial charge in [0, 0.05) is 29.4 Å². The molecule has 0 amide bonds. The van der Waals surface area contributed by atoms with Gasteiger partial charge in [-0.05, 0) is 44.0 Å². The summed E-state index contributed by atoms with van der Waals surface area (Å²) in [6, 6.07) is 6.59. The van der Waals surface area contributed by atoms with Gasteiger partial charge in [-0.1, -0.05) is 37.6 Å². The number of nitrogens with one attached hydrogen (secondary N) is 1. The van der Waals surface area contributed by atoms with Crippen LogP contribution in [0.15, 0.2) is 18.2 Å². The third-order valence-corrected chi connectivity index (χ3v) is 4.42. The predicted molar refractivity (Wildman–Crippen MR) is 89.9 cm³/mol. The Morgan fingerprint density at radius 1 is 1.29 bits per heavy atom. The molecule has 1 atom stereocenters. The van der Waals surface area contributed by atoms with E-state index < -0.39 is 0 Å². The lowest BCUT2D eigenvalue weighted by Gasteiger charge is -2.14. The molecule has 1 unspecified atom stereocenters. The molecule has 0 saturated carbocycles. The third-order valence-electron chi connectivity index (χ3n) is 4.10. The molecule has 2 rings (SSSR count). The van der Waals surface area contributed by atoms with Crippen molar-refractivity contribution in [1.29, 1.82) is 0 Å². The van der Waals surface area contributed by atoms with E-state index in [0.29, 0.717) is 0 Å². The zero-order valence-corrected chi connectivity index (χ0v) is 14.3. The first kappa shape index (κ1) is 16.1. The van der Waals surface area contributed by atoms with Crippen molar-refractivity contribution in [2.75, 3.05) is 7.05 Å². The van der Waals surface area contributed by atoms with E-state index in [1.807, 2.05) is 18.8 Å². The Morgan fingerprint density at radius 3 is 2.52 bits per heavy atom. The van der Waals surface area contributed by atoms with Gasteiger partial charge in [-0.15, -0.1) is 0 Å². The van der Waals surface area contributed by atoms with Crippen molar-refractivity contribution >= 4 is 11.6 Å². The number of hydrogen-bond donors (Lipinski definition) is 1. The van der Waals surface area contributed by atoms with Crippen molar-refractivity contribution in [1.82, 2.24) is 15.1 Å². The van der Waals surface area contributed by atoms with Gasteiger partial charge in [0.2, 0.25) is 0 Å². The highest BCUT2D eigenvalue weighted by atomic mass is 35.5. The maximum atomic E-state index is 6.48. The number of aromatic nitrogens is 2. The number of hydrogen-bond acceptors (Lipinski definition) is 2. The minimum Gasteiger partial charge on any atom is -0.313 e. The first-order valence-electron chi connectivity index (χ1n) is 7.55. The molecule has 114 valence electrons. The van der Waals surface area contributed by atoms with Gasteiger partial charge >= 0.3 is 0 Å². The predicted octanol–water partition coefficient (Wildman–Crippen LogP) is 4.15. The molecule has 0 saturated heterocycles. The van der Waals surface area contributed by atoms with Crippen LogP contribution in [0.25, 0.3) is 11.1 Å². The lowest BCUT2D eigenvalue weighted by Crippen LogP contribution is -2.12. The van der Waals surface area contributed by atoms with Gasteiger partial charge in [-0.3, -0.25) is 4.68 Å². The summed E-state index contributed by atoms with van der Waals surface area (Å²) in [5, 5.41) is 8.68. The van der Waals surface area contributed by atoms with E-state index in [2.05, 4.69) is 49.4 Å². The van der Waals surface area contributed by atoms with E-state index in [-0.39, 0.29) is 6.04 Å². The molecular weight excluding hydrogens is 282 g/mol.